The molecule has 0 atom stereocenters. The third-order valence-electron chi connectivity index (χ3n) is 4.78. The van der Waals surface area contributed by atoms with E-state index in [-0.39, 0.29) is 5.91 Å². The zero-order valence-corrected chi connectivity index (χ0v) is 19.1. The number of rotatable bonds is 8. The second-order valence-electron chi connectivity index (χ2n) is 7.15. The average molecular weight is 429 g/mol. The first-order valence-corrected chi connectivity index (χ1v) is 12.0. The Morgan fingerprint density at radius 3 is 2.62 bits per heavy atom. The summed E-state index contributed by atoms with van der Waals surface area (Å²) < 4.78 is 8.78. The average Bonchev–Trinajstić information content (AvgIpc) is 3.04. The highest BCUT2D eigenvalue weighted by Crippen LogP contribution is 2.24. The molecule has 4 nitrogen and oxygen atoms in total. The van der Waals surface area contributed by atoms with Gasteiger partial charge in [0.05, 0.1) is 23.2 Å². The maximum Gasteiger partial charge on any atom is 0.252 e. The van der Waals surface area contributed by atoms with Gasteiger partial charge in [-0.3, -0.25) is 4.79 Å². The van der Waals surface area contributed by atoms with E-state index >= 15 is 0 Å². The molecular weight excluding hydrogens is 400 g/mol. The Labute approximate surface area is 180 Å². The fourth-order valence-electron chi connectivity index (χ4n) is 3.12. The van der Waals surface area contributed by atoms with Gasteiger partial charge in [-0.25, -0.2) is 0 Å². The van der Waals surface area contributed by atoms with Gasteiger partial charge in [-0.1, -0.05) is 49.4 Å². The SMILES string of the molecule is CCOCCn1c(=NC(=O)Cc2ccc(C(C)C)cc2)sc2cc(SC)ccc21. The van der Waals surface area contributed by atoms with Crippen LogP contribution in [-0.2, 0) is 22.5 Å². The van der Waals surface area contributed by atoms with Crippen LogP contribution in [-0.4, -0.2) is 29.9 Å². The van der Waals surface area contributed by atoms with Gasteiger partial charge in [0.2, 0.25) is 0 Å². The summed E-state index contributed by atoms with van der Waals surface area (Å²) >= 11 is 3.28. The number of hydrogen-bond acceptors (Lipinski definition) is 4. The summed E-state index contributed by atoms with van der Waals surface area (Å²) in [5, 5.41) is 0. The minimum atomic E-state index is -0.121. The highest BCUT2D eigenvalue weighted by molar-refractivity contribution is 7.98. The molecule has 1 heterocycles. The number of hydrogen-bond donors (Lipinski definition) is 0. The lowest BCUT2D eigenvalue weighted by atomic mass is 10.0. The molecule has 1 amide bonds. The van der Waals surface area contributed by atoms with E-state index in [0.717, 1.165) is 20.6 Å². The summed E-state index contributed by atoms with van der Waals surface area (Å²) in [5.74, 6) is 0.363. The fourth-order valence-corrected chi connectivity index (χ4v) is 4.75. The summed E-state index contributed by atoms with van der Waals surface area (Å²) in [6, 6.07) is 14.6. The van der Waals surface area contributed by atoms with Gasteiger partial charge in [0.25, 0.3) is 5.91 Å². The minimum Gasteiger partial charge on any atom is -0.380 e. The van der Waals surface area contributed by atoms with Gasteiger partial charge in [-0.05, 0) is 48.4 Å². The molecule has 0 unspecified atom stereocenters. The van der Waals surface area contributed by atoms with Gasteiger partial charge in [0, 0.05) is 18.0 Å². The smallest absolute Gasteiger partial charge is 0.252 e. The molecule has 0 saturated heterocycles. The van der Waals surface area contributed by atoms with E-state index in [2.05, 4.69) is 60.0 Å². The maximum absolute atomic E-state index is 12.7. The van der Waals surface area contributed by atoms with Crippen molar-refractivity contribution in [1.82, 2.24) is 4.57 Å². The zero-order valence-electron chi connectivity index (χ0n) is 17.5. The van der Waals surface area contributed by atoms with Crippen LogP contribution in [0.15, 0.2) is 52.4 Å². The Hall–Kier alpha value is -1.89. The van der Waals surface area contributed by atoms with Crippen molar-refractivity contribution >= 4 is 39.2 Å². The number of fused-ring (bicyclic) bond motifs is 1. The summed E-state index contributed by atoms with van der Waals surface area (Å²) in [6.45, 7) is 8.28. The van der Waals surface area contributed by atoms with Crippen LogP contribution < -0.4 is 4.80 Å². The predicted octanol–water partition coefficient (Wildman–Crippen LogP) is 5.25. The van der Waals surface area contributed by atoms with Gasteiger partial charge in [0.1, 0.15) is 0 Å². The van der Waals surface area contributed by atoms with Crippen LogP contribution in [0.2, 0.25) is 0 Å². The lowest BCUT2D eigenvalue weighted by molar-refractivity contribution is -0.117. The molecule has 0 aliphatic rings. The number of ether oxygens (including phenoxy) is 1. The number of benzene rings is 2. The first-order valence-electron chi connectivity index (χ1n) is 9.93. The van der Waals surface area contributed by atoms with Crippen molar-refractivity contribution < 1.29 is 9.53 Å². The Balaban J connectivity index is 1.89. The van der Waals surface area contributed by atoms with Crippen LogP contribution in [0.5, 0.6) is 0 Å². The molecule has 0 saturated carbocycles. The molecule has 6 heteroatoms. The third-order valence-corrected chi connectivity index (χ3v) is 6.54. The zero-order chi connectivity index (χ0) is 20.8. The summed E-state index contributed by atoms with van der Waals surface area (Å²) in [4.78, 5) is 19.1. The minimum absolute atomic E-state index is 0.121. The predicted molar refractivity (Wildman–Crippen MR) is 123 cm³/mol. The van der Waals surface area contributed by atoms with Gasteiger partial charge in [0.15, 0.2) is 4.80 Å². The number of carbonyl (C=O) groups excluding carboxylic acids is 1. The van der Waals surface area contributed by atoms with Crippen LogP contribution in [0.3, 0.4) is 0 Å². The van der Waals surface area contributed by atoms with E-state index in [9.17, 15) is 4.79 Å². The molecule has 0 N–H and O–H groups in total. The molecule has 2 aromatic carbocycles. The number of carbonyl (C=O) groups is 1. The molecule has 1 aromatic heterocycles. The molecule has 0 bridgehead atoms. The van der Waals surface area contributed by atoms with E-state index in [1.54, 1.807) is 23.1 Å². The standard InChI is InChI=1S/C23H28N2O2S2/c1-5-27-13-12-25-20-11-10-19(28-4)15-21(20)29-23(25)24-22(26)14-17-6-8-18(9-7-17)16(2)3/h6-11,15-16H,5,12-14H2,1-4H3. The Kier molecular flexibility index (Phi) is 7.70. The number of thioether (sulfide) groups is 1. The normalized spacial score (nSPS) is 12.2. The number of amides is 1. The van der Waals surface area contributed by atoms with E-state index in [4.69, 9.17) is 4.74 Å². The summed E-state index contributed by atoms with van der Waals surface area (Å²) in [5.41, 5.74) is 3.37. The summed E-state index contributed by atoms with van der Waals surface area (Å²) in [7, 11) is 0. The fraction of sp³-hybridized carbons (Fsp3) is 0.391. The molecule has 0 spiro atoms. The van der Waals surface area contributed by atoms with Crippen molar-refractivity contribution in [1.29, 1.82) is 0 Å². The highest BCUT2D eigenvalue weighted by Gasteiger charge is 2.10. The first kappa shape index (κ1) is 21.8. The van der Waals surface area contributed by atoms with Crippen LogP contribution in [0.4, 0.5) is 0 Å². The Morgan fingerprint density at radius 2 is 1.97 bits per heavy atom. The summed E-state index contributed by atoms with van der Waals surface area (Å²) in [6.07, 6.45) is 2.38. The highest BCUT2D eigenvalue weighted by atomic mass is 32.2. The quantitative estimate of drug-likeness (QED) is 0.363. The van der Waals surface area contributed by atoms with Gasteiger partial charge >= 0.3 is 0 Å². The van der Waals surface area contributed by atoms with Crippen LogP contribution >= 0.6 is 23.1 Å². The van der Waals surface area contributed by atoms with Crippen molar-refractivity contribution in [2.45, 2.75) is 44.6 Å². The van der Waals surface area contributed by atoms with E-state index < -0.39 is 0 Å². The lowest BCUT2D eigenvalue weighted by Crippen LogP contribution is -2.20. The van der Waals surface area contributed by atoms with Crippen LogP contribution in [0, 0.1) is 0 Å². The van der Waals surface area contributed by atoms with Crippen molar-refractivity contribution in [2.24, 2.45) is 4.99 Å². The molecule has 3 rings (SSSR count). The maximum atomic E-state index is 12.7. The van der Waals surface area contributed by atoms with Crippen molar-refractivity contribution in [3.8, 4) is 0 Å². The van der Waals surface area contributed by atoms with E-state index in [1.807, 2.05) is 19.1 Å². The molecule has 29 heavy (non-hydrogen) atoms. The van der Waals surface area contributed by atoms with Gasteiger partial charge in [-0.15, -0.1) is 11.8 Å². The van der Waals surface area contributed by atoms with Crippen molar-refractivity contribution in [3.05, 3.63) is 58.4 Å². The molecule has 0 fully saturated rings. The third kappa shape index (κ3) is 5.59. The largest absolute Gasteiger partial charge is 0.380 e. The second-order valence-corrected chi connectivity index (χ2v) is 9.03. The molecule has 0 aliphatic carbocycles. The van der Waals surface area contributed by atoms with Gasteiger partial charge < -0.3 is 9.30 Å². The van der Waals surface area contributed by atoms with Crippen molar-refractivity contribution in [3.63, 3.8) is 0 Å². The number of aromatic nitrogens is 1. The van der Waals surface area contributed by atoms with Crippen LogP contribution in [0.25, 0.3) is 10.2 Å². The molecule has 0 aliphatic heterocycles. The van der Waals surface area contributed by atoms with E-state index in [1.165, 1.54) is 10.5 Å². The molecule has 0 radical (unpaired) electrons. The lowest BCUT2D eigenvalue weighted by Gasteiger charge is -2.06. The number of nitrogens with zero attached hydrogens (tertiary/aromatic N) is 2. The monoisotopic (exact) mass is 428 g/mol. The Bertz CT molecular complexity index is 1030. The van der Waals surface area contributed by atoms with Crippen LogP contribution in [0.1, 0.15) is 37.8 Å². The first-order chi connectivity index (χ1) is 14.0. The molecular formula is C23H28N2O2S2. The second kappa shape index (κ2) is 10.2. The molecule has 3 aromatic rings. The Morgan fingerprint density at radius 1 is 1.21 bits per heavy atom. The topological polar surface area (TPSA) is 43.6 Å². The molecule has 154 valence electrons. The van der Waals surface area contributed by atoms with Gasteiger partial charge in [-0.2, -0.15) is 4.99 Å². The number of thiazole rings is 1. The van der Waals surface area contributed by atoms with E-state index in [0.29, 0.717) is 32.1 Å². The van der Waals surface area contributed by atoms with Crippen molar-refractivity contribution in [2.75, 3.05) is 19.5 Å².